The normalized spacial score (nSPS) is 12.7. The van der Waals surface area contributed by atoms with Crippen LogP contribution in [0, 0.1) is 0 Å². The van der Waals surface area contributed by atoms with E-state index in [0.29, 0.717) is 36.6 Å². The van der Waals surface area contributed by atoms with Crippen molar-refractivity contribution in [3.05, 3.63) is 141 Å². The Labute approximate surface area is 262 Å². The van der Waals surface area contributed by atoms with Crippen LogP contribution >= 0.6 is 22.7 Å². The number of carbonyl (C=O) groups is 2. The molecule has 4 aromatic carbocycles. The number of Topliss-reactive ketones (excluding diaryl/α,β-unsaturated/α-hetero) is 1. The van der Waals surface area contributed by atoms with Crippen molar-refractivity contribution in [3.8, 4) is 0 Å². The van der Waals surface area contributed by atoms with Crippen molar-refractivity contribution in [2.24, 2.45) is 0 Å². The number of ether oxygens (including phenoxy) is 1. The van der Waals surface area contributed by atoms with Crippen LogP contribution in [0.5, 0.6) is 0 Å². The zero-order valence-corrected chi connectivity index (χ0v) is 25.0. The second-order valence-corrected chi connectivity index (χ2v) is 12.6. The van der Waals surface area contributed by atoms with Crippen molar-refractivity contribution in [3.63, 3.8) is 0 Å². The monoisotopic (exact) mass is 630 g/mol. The molecular weight excluding hydrogens is 609 g/mol. The van der Waals surface area contributed by atoms with E-state index >= 15 is 0 Å². The first-order valence-corrected chi connectivity index (χ1v) is 15.5. The average Bonchev–Trinajstić information content (AvgIpc) is 3.07. The van der Waals surface area contributed by atoms with E-state index in [1.807, 2.05) is 24.3 Å². The number of aromatic nitrogens is 1. The Kier molecular flexibility index (Phi) is 7.17. The molecule has 0 saturated heterocycles. The number of nitrogens with one attached hydrogen (secondary N) is 1. The van der Waals surface area contributed by atoms with E-state index in [1.165, 1.54) is 53.3 Å². The van der Waals surface area contributed by atoms with Crippen LogP contribution in [-0.2, 0) is 10.3 Å². The topological polar surface area (TPSA) is 123 Å². The van der Waals surface area contributed by atoms with Crippen LogP contribution in [0.2, 0.25) is 0 Å². The Morgan fingerprint density at radius 1 is 0.711 bits per heavy atom. The number of benzene rings is 4. The molecule has 0 aliphatic carbocycles. The molecule has 2 N–H and O–H groups in total. The third-order valence-corrected chi connectivity index (χ3v) is 9.91. The van der Waals surface area contributed by atoms with Crippen molar-refractivity contribution in [2.45, 2.75) is 5.60 Å². The lowest BCUT2D eigenvalue weighted by molar-refractivity contribution is -0.00782. The van der Waals surface area contributed by atoms with Gasteiger partial charge in [0.15, 0.2) is 16.5 Å². The molecule has 0 radical (unpaired) electrons. The molecule has 3 aromatic heterocycles. The third kappa shape index (κ3) is 5.14. The molecule has 7 aromatic rings. The highest BCUT2D eigenvalue weighted by atomic mass is 32.1. The summed E-state index contributed by atoms with van der Waals surface area (Å²) in [6.45, 7) is -0.762. The Morgan fingerprint density at radius 2 is 1.27 bits per heavy atom. The highest BCUT2D eigenvalue weighted by Crippen LogP contribution is 2.33. The number of rotatable bonds is 6. The molecule has 3 heterocycles. The molecule has 0 bridgehead atoms. The van der Waals surface area contributed by atoms with Crippen LogP contribution < -0.4 is 16.2 Å². The molecular formula is C35H22N2O6S2. The van der Waals surface area contributed by atoms with E-state index in [4.69, 9.17) is 4.74 Å². The summed E-state index contributed by atoms with van der Waals surface area (Å²) < 4.78 is 8.39. The van der Waals surface area contributed by atoms with Gasteiger partial charge in [0.1, 0.15) is 6.61 Å². The van der Waals surface area contributed by atoms with E-state index in [0.717, 1.165) is 9.40 Å². The minimum Gasteiger partial charge on any atom is -0.445 e. The minimum absolute atomic E-state index is 0.0477. The number of ketones is 1. The first-order chi connectivity index (χ1) is 21.8. The Hall–Kier alpha value is -5.29. The van der Waals surface area contributed by atoms with E-state index in [-0.39, 0.29) is 22.0 Å². The van der Waals surface area contributed by atoms with Crippen LogP contribution in [0.4, 0.5) is 10.5 Å². The van der Waals surface area contributed by atoms with Crippen molar-refractivity contribution in [1.82, 2.24) is 4.98 Å². The van der Waals surface area contributed by atoms with Gasteiger partial charge in [-0.25, -0.2) is 4.79 Å². The number of hydrogen-bond donors (Lipinski definition) is 2. The summed E-state index contributed by atoms with van der Waals surface area (Å²) >= 11 is 2.83. The smallest absolute Gasteiger partial charge is 0.411 e. The number of amides is 1. The zero-order chi connectivity index (χ0) is 31.1. The molecule has 1 unspecified atom stereocenters. The number of aliphatic hydroxyl groups is 1. The van der Waals surface area contributed by atoms with E-state index < -0.39 is 24.1 Å². The maximum atomic E-state index is 14.2. The number of anilines is 1. The molecule has 8 nitrogen and oxygen atoms in total. The Balaban J connectivity index is 1.33. The largest absolute Gasteiger partial charge is 0.445 e. The summed E-state index contributed by atoms with van der Waals surface area (Å²) in [7, 11) is 0. The highest BCUT2D eigenvalue weighted by Gasteiger charge is 2.41. The lowest BCUT2D eigenvalue weighted by atomic mass is 9.85. The van der Waals surface area contributed by atoms with Crippen LogP contribution in [0.1, 0.15) is 15.9 Å². The second-order valence-electron chi connectivity index (χ2n) is 10.4. The fraction of sp³-hybridized carbons (Fsp3) is 0.0571. The van der Waals surface area contributed by atoms with Gasteiger partial charge in [0.25, 0.3) is 0 Å². The first kappa shape index (κ1) is 28.5. The van der Waals surface area contributed by atoms with Crippen LogP contribution in [0.15, 0.2) is 119 Å². The van der Waals surface area contributed by atoms with Crippen LogP contribution in [0.25, 0.3) is 40.3 Å². The number of carbonyl (C=O) groups excluding carboxylic acids is 2. The van der Waals surface area contributed by atoms with Gasteiger partial charge < -0.3 is 9.84 Å². The minimum atomic E-state index is -2.40. The van der Waals surface area contributed by atoms with Crippen molar-refractivity contribution < 1.29 is 19.4 Å². The van der Waals surface area contributed by atoms with E-state index in [1.54, 1.807) is 54.6 Å². The van der Waals surface area contributed by atoms with E-state index in [9.17, 15) is 24.3 Å². The molecule has 10 heteroatoms. The Morgan fingerprint density at radius 3 is 1.91 bits per heavy atom. The third-order valence-electron chi connectivity index (χ3n) is 7.61. The molecule has 0 spiro atoms. The molecule has 220 valence electrons. The van der Waals surface area contributed by atoms with Crippen molar-refractivity contribution >= 4 is 80.6 Å². The molecule has 0 aliphatic rings. The van der Waals surface area contributed by atoms with Gasteiger partial charge in [-0.1, -0.05) is 30.3 Å². The summed E-state index contributed by atoms with van der Waals surface area (Å²) in [5.74, 6) is -0.796. The summed E-state index contributed by atoms with van der Waals surface area (Å²) in [4.78, 5) is 57.7. The number of pyridine rings is 1. The van der Waals surface area contributed by atoms with E-state index in [2.05, 4.69) is 10.3 Å². The number of fused-ring (bicyclic) bond motifs is 4. The summed E-state index contributed by atoms with van der Waals surface area (Å²) in [6, 6.07) is 26.9. The van der Waals surface area contributed by atoms with Gasteiger partial charge in [0.05, 0.1) is 0 Å². The average molecular weight is 631 g/mol. The molecule has 1 atom stereocenters. The molecule has 0 fully saturated rings. The van der Waals surface area contributed by atoms with Gasteiger partial charge in [-0.15, -0.1) is 22.7 Å². The lowest BCUT2D eigenvalue weighted by Crippen LogP contribution is -2.42. The zero-order valence-electron chi connectivity index (χ0n) is 23.4. The number of hydrogen-bond acceptors (Lipinski definition) is 9. The molecule has 0 saturated carbocycles. The molecule has 1 amide bonds. The van der Waals surface area contributed by atoms with Gasteiger partial charge in [-0.3, -0.25) is 24.7 Å². The summed E-state index contributed by atoms with van der Waals surface area (Å²) in [5, 5.41) is 16.4. The van der Waals surface area contributed by atoms with Crippen molar-refractivity contribution in [1.29, 1.82) is 0 Å². The predicted molar refractivity (Wildman–Crippen MR) is 179 cm³/mol. The quantitative estimate of drug-likeness (QED) is 0.152. The van der Waals surface area contributed by atoms with Gasteiger partial charge in [-0.05, 0) is 72.3 Å². The standard InChI is InChI=1S/C35H22N2O6S2/c38-31-23-5-1-3-7-27(23)44-29-11-9-20(17-25(29)31)33(40)35(42,19-43-34(41)37-22-13-15-36-16-14-22)21-10-12-30-26(18-21)32(39)24-6-2-4-8-28(24)45-30/h1-18,42H,19H2,(H,36,37,41). The van der Waals surface area contributed by atoms with Gasteiger partial charge in [-0.2, -0.15) is 0 Å². The fourth-order valence-corrected chi connectivity index (χ4v) is 7.39. The van der Waals surface area contributed by atoms with Crippen LogP contribution in [0.3, 0.4) is 0 Å². The Bertz CT molecular complexity index is 2420. The van der Waals surface area contributed by atoms with Gasteiger partial charge >= 0.3 is 6.09 Å². The molecule has 45 heavy (non-hydrogen) atoms. The van der Waals surface area contributed by atoms with Crippen LogP contribution in [-0.4, -0.2) is 28.6 Å². The summed E-state index contributed by atoms with van der Waals surface area (Å²) in [5.41, 5.74) is -2.36. The maximum absolute atomic E-state index is 14.2. The van der Waals surface area contributed by atoms with Gasteiger partial charge in [0.2, 0.25) is 5.78 Å². The number of nitrogens with zero attached hydrogens (tertiary/aromatic N) is 1. The first-order valence-electron chi connectivity index (χ1n) is 13.8. The highest BCUT2D eigenvalue weighted by molar-refractivity contribution is 7.24. The predicted octanol–water partition coefficient (Wildman–Crippen LogP) is 6.86. The van der Waals surface area contributed by atoms with Crippen molar-refractivity contribution in [2.75, 3.05) is 11.9 Å². The second kappa shape index (κ2) is 11.3. The SMILES string of the molecule is O=C(Nc1ccncc1)OCC(O)(C(=O)c1ccc2sc3ccccc3c(=O)c2c1)c1ccc2sc3ccccc3c(=O)c2c1. The fourth-order valence-electron chi connectivity index (χ4n) is 5.28. The lowest BCUT2D eigenvalue weighted by Gasteiger charge is -2.27. The maximum Gasteiger partial charge on any atom is 0.411 e. The van der Waals surface area contributed by atoms with Gasteiger partial charge in [0, 0.05) is 64.0 Å². The molecule has 0 aliphatic heterocycles. The summed E-state index contributed by atoms with van der Waals surface area (Å²) in [6.07, 6.45) is 2.08. The molecule has 7 rings (SSSR count).